The summed E-state index contributed by atoms with van der Waals surface area (Å²) in [6.45, 7) is 0. The van der Waals surface area contributed by atoms with Gasteiger partial charge in [-0.2, -0.15) is 0 Å². The van der Waals surface area contributed by atoms with Gasteiger partial charge in [-0.05, 0) is 36.2 Å². The lowest BCUT2D eigenvalue weighted by Gasteiger charge is -2.04. The number of hydrogen-bond acceptors (Lipinski definition) is 8. The van der Waals surface area contributed by atoms with Crippen molar-refractivity contribution in [1.82, 2.24) is 15.0 Å². The Hall–Kier alpha value is -3.63. The third-order valence-electron chi connectivity index (χ3n) is 5.07. The molecule has 180 valence electrons. The first kappa shape index (κ1) is 24.5. The van der Waals surface area contributed by atoms with Crippen LogP contribution in [0.1, 0.15) is 11.3 Å². The molecule has 2 aromatic heterocycles. The Morgan fingerprint density at radius 3 is 2.54 bits per heavy atom. The second-order valence-corrected chi connectivity index (χ2v) is 9.45. The van der Waals surface area contributed by atoms with Crippen LogP contribution in [0.4, 0.5) is 5.13 Å². The van der Waals surface area contributed by atoms with Crippen LogP contribution in [0.25, 0.3) is 22.5 Å². The third-order valence-corrected chi connectivity index (χ3v) is 6.99. The molecule has 0 fully saturated rings. The summed E-state index contributed by atoms with van der Waals surface area (Å²) in [5.74, 6) is 0.423. The van der Waals surface area contributed by atoms with Crippen LogP contribution in [0.15, 0.2) is 66.0 Å². The van der Waals surface area contributed by atoms with Crippen LogP contribution in [-0.2, 0) is 20.7 Å². The average Bonchev–Trinajstić information content (AvgIpc) is 3.54. The number of nitrogens with one attached hydrogen (secondary N) is 2. The second-order valence-electron chi connectivity index (χ2n) is 7.40. The van der Waals surface area contributed by atoms with Gasteiger partial charge < -0.3 is 19.8 Å². The van der Waals surface area contributed by atoms with E-state index in [9.17, 15) is 9.59 Å². The molecule has 0 aliphatic rings. The van der Waals surface area contributed by atoms with Gasteiger partial charge in [0.25, 0.3) is 0 Å². The molecule has 4 rings (SSSR count). The summed E-state index contributed by atoms with van der Waals surface area (Å²) in [4.78, 5) is 37.4. The number of nitrogens with zero attached hydrogens (tertiary/aromatic N) is 2. The zero-order valence-electron chi connectivity index (χ0n) is 19.2. The number of thiazole rings is 1. The van der Waals surface area contributed by atoms with E-state index in [0.717, 1.165) is 33.1 Å². The fraction of sp³-hybridized carbons (Fsp3) is 0.200. The van der Waals surface area contributed by atoms with Gasteiger partial charge in [0.2, 0.25) is 5.91 Å². The molecule has 0 saturated carbocycles. The number of anilines is 1. The first-order valence-corrected chi connectivity index (χ1v) is 12.6. The van der Waals surface area contributed by atoms with Crippen LogP contribution in [0.5, 0.6) is 5.75 Å². The number of benzene rings is 2. The van der Waals surface area contributed by atoms with Crippen molar-refractivity contribution < 1.29 is 19.1 Å². The first-order chi connectivity index (χ1) is 17.1. The predicted molar refractivity (Wildman–Crippen MR) is 138 cm³/mol. The predicted octanol–water partition coefficient (Wildman–Crippen LogP) is 5.05. The molecule has 0 radical (unpaired) electrons. The number of aromatic amines is 1. The number of esters is 1. The molecule has 8 nitrogen and oxygen atoms in total. The SMILES string of the molecule is COC(=O)CCc1sc(NC(=O)CSc2ncc(-c3ccccc3)[nH]2)nc1-c1ccc(OC)cc1. The van der Waals surface area contributed by atoms with Crippen LogP contribution in [-0.4, -0.2) is 46.8 Å². The number of carbonyl (C=O) groups is 2. The first-order valence-electron chi connectivity index (χ1n) is 10.8. The number of hydrogen-bond donors (Lipinski definition) is 2. The normalized spacial score (nSPS) is 10.7. The molecule has 1 amide bonds. The summed E-state index contributed by atoms with van der Waals surface area (Å²) in [5.41, 5.74) is 3.53. The van der Waals surface area contributed by atoms with E-state index in [1.807, 2.05) is 54.6 Å². The van der Waals surface area contributed by atoms with Gasteiger partial charge in [-0.3, -0.25) is 9.59 Å². The van der Waals surface area contributed by atoms with Crippen LogP contribution >= 0.6 is 23.1 Å². The van der Waals surface area contributed by atoms with Crippen molar-refractivity contribution in [2.75, 3.05) is 25.3 Å². The molecule has 0 saturated heterocycles. The molecule has 0 unspecified atom stereocenters. The van der Waals surface area contributed by atoms with Crippen molar-refractivity contribution in [2.45, 2.75) is 18.0 Å². The lowest BCUT2D eigenvalue weighted by molar-refractivity contribution is -0.140. The molecule has 35 heavy (non-hydrogen) atoms. The molecule has 0 atom stereocenters. The molecule has 0 bridgehead atoms. The molecule has 0 spiro atoms. The molecule has 10 heteroatoms. The van der Waals surface area contributed by atoms with Gasteiger partial charge in [-0.25, -0.2) is 9.97 Å². The molecule has 2 N–H and O–H groups in total. The fourth-order valence-corrected chi connectivity index (χ4v) is 4.95. The minimum atomic E-state index is -0.297. The number of rotatable bonds is 10. The summed E-state index contributed by atoms with van der Waals surface area (Å²) in [5, 5.41) is 4.01. The van der Waals surface area contributed by atoms with Crippen molar-refractivity contribution in [3.8, 4) is 28.3 Å². The largest absolute Gasteiger partial charge is 0.497 e. The van der Waals surface area contributed by atoms with E-state index in [2.05, 4.69) is 20.3 Å². The van der Waals surface area contributed by atoms with Crippen LogP contribution in [0.2, 0.25) is 0 Å². The maximum Gasteiger partial charge on any atom is 0.305 e. The Morgan fingerprint density at radius 2 is 1.83 bits per heavy atom. The van der Waals surface area contributed by atoms with E-state index in [1.165, 1.54) is 30.2 Å². The zero-order chi connectivity index (χ0) is 24.6. The lowest BCUT2D eigenvalue weighted by atomic mass is 10.1. The molecule has 0 aliphatic carbocycles. The van der Waals surface area contributed by atoms with E-state index in [0.29, 0.717) is 16.7 Å². The van der Waals surface area contributed by atoms with Gasteiger partial charge in [0.1, 0.15) is 5.75 Å². The van der Waals surface area contributed by atoms with Crippen molar-refractivity contribution in [2.24, 2.45) is 0 Å². The summed E-state index contributed by atoms with van der Waals surface area (Å²) in [7, 11) is 2.97. The monoisotopic (exact) mass is 508 g/mol. The Bertz CT molecular complexity index is 1290. The van der Waals surface area contributed by atoms with Gasteiger partial charge in [0.05, 0.1) is 44.0 Å². The summed E-state index contributed by atoms with van der Waals surface area (Å²) in [6.07, 6.45) is 2.45. The second kappa shape index (κ2) is 11.7. The Labute approximate surface area is 211 Å². The number of carbonyl (C=O) groups excluding carboxylic acids is 2. The number of ether oxygens (including phenoxy) is 2. The highest BCUT2D eigenvalue weighted by Crippen LogP contribution is 2.33. The van der Waals surface area contributed by atoms with Gasteiger partial charge >= 0.3 is 5.97 Å². The zero-order valence-corrected chi connectivity index (χ0v) is 20.9. The maximum atomic E-state index is 12.6. The highest BCUT2D eigenvalue weighted by molar-refractivity contribution is 7.99. The van der Waals surface area contributed by atoms with E-state index < -0.39 is 0 Å². The fourth-order valence-electron chi connectivity index (χ4n) is 3.30. The van der Waals surface area contributed by atoms with E-state index in [1.54, 1.807) is 13.3 Å². The van der Waals surface area contributed by atoms with Crippen molar-refractivity contribution >= 4 is 40.1 Å². The van der Waals surface area contributed by atoms with E-state index in [4.69, 9.17) is 9.47 Å². The number of H-pyrrole nitrogens is 1. The van der Waals surface area contributed by atoms with Crippen molar-refractivity contribution in [3.63, 3.8) is 0 Å². The minimum absolute atomic E-state index is 0.177. The average molecular weight is 509 g/mol. The Kier molecular flexibility index (Phi) is 8.17. The number of methoxy groups -OCH3 is 2. The number of imidazole rings is 1. The molecular weight excluding hydrogens is 484 g/mol. The van der Waals surface area contributed by atoms with Crippen molar-refractivity contribution in [3.05, 3.63) is 65.7 Å². The lowest BCUT2D eigenvalue weighted by Crippen LogP contribution is -2.13. The summed E-state index contributed by atoms with van der Waals surface area (Å²) < 4.78 is 10.0. The van der Waals surface area contributed by atoms with Crippen molar-refractivity contribution in [1.29, 1.82) is 0 Å². The number of aromatic nitrogens is 3. The molecular formula is C25H24N4O4S2. The molecule has 4 aromatic rings. The van der Waals surface area contributed by atoms with E-state index in [-0.39, 0.29) is 24.1 Å². The van der Waals surface area contributed by atoms with Crippen LogP contribution in [0.3, 0.4) is 0 Å². The van der Waals surface area contributed by atoms with Crippen LogP contribution < -0.4 is 10.1 Å². The maximum absolute atomic E-state index is 12.6. The number of thioether (sulfide) groups is 1. The van der Waals surface area contributed by atoms with Gasteiger partial charge in [-0.1, -0.05) is 42.1 Å². The Morgan fingerprint density at radius 1 is 1.06 bits per heavy atom. The van der Waals surface area contributed by atoms with Crippen LogP contribution in [0, 0.1) is 0 Å². The third kappa shape index (κ3) is 6.49. The summed E-state index contributed by atoms with van der Waals surface area (Å²) >= 11 is 2.67. The van der Waals surface area contributed by atoms with Gasteiger partial charge in [-0.15, -0.1) is 11.3 Å². The molecule has 2 heterocycles. The Balaban J connectivity index is 1.43. The van der Waals surface area contributed by atoms with E-state index >= 15 is 0 Å². The smallest absolute Gasteiger partial charge is 0.305 e. The number of aryl methyl sites for hydroxylation is 1. The standard InChI is InChI=1S/C25H24N4O4S2/c1-32-18-10-8-17(9-11-18)23-20(12-13-22(31)33-2)35-25(29-23)28-21(30)15-34-24-26-14-19(27-24)16-6-4-3-5-7-16/h3-11,14H,12-13,15H2,1-2H3,(H,26,27)(H,28,29,30). The van der Waals surface area contributed by atoms with Gasteiger partial charge in [0.15, 0.2) is 10.3 Å². The minimum Gasteiger partial charge on any atom is -0.497 e. The molecule has 0 aliphatic heterocycles. The highest BCUT2D eigenvalue weighted by Gasteiger charge is 2.17. The summed E-state index contributed by atoms with van der Waals surface area (Å²) in [6, 6.07) is 17.4. The highest BCUT2D eigenvalue weighted by atomic mass is 32.2. The van der Waals surface area contributed by atoms with Gasteiger partial charge in [0, 0.05) is 10.4 Å². The topological polar surface area (TPSA) is 106 Å². The number of amides is 1. The molecule has 2 aromatic carbocycles. The quantitative estimate of drug-likeness (QED) is 0.228.